The van der Waals surface area contributed by atoms with Crippen molar-refractivity contribution >= 4 is 21.7 Å². The fourth-order valence-corrected chi connectivity index (χ4v) is 2.34. The summed E-state index contributed by atoms with van der Waals surface area (Å²) >= 11 is 3.40. The van der Waals surface area contributed by atoms with Crippen LogP contribution in [0.3, 0.4) is 0 Å². The Labute approximate surface area is 97.8 Å². The zero-order valence-corrected chi connectivity index (χ0v) is 10.4. The number of hydrogen-bond acceptors (Lipinski definition) is 2. The monoisotopic (exact) mass is 268 g/mol. The van der Waals surface area contributed by atoms with Gasteiger partial charge in [0.15, 0.2) is 0 Å². The van der Waals surface area contributed by atoms with E-state index in [0.29, 0.717) is 0 Å². The van der Waals surface area contributed by atoms with Gasteiger partial charge in [0.05, 0.1) is 12.5 Å². The van der Waals surface area contributed by atoms with Crippen molar-refractivity contribution in [3.8, 4) is 5.75 Å². The molecule has 0 aromatic heterocycles. The minimum atomic E-state index is -0.258. The van der Waals surface area contributed by atoms with Gasteiger partial charge >= 0.3 is 0 Å². The molecule has 80 valence electrons. The summed E-state index contributed by atoms with van der Waals surface area (Å²) in [7, 11) is 1.64. The van der Waals surface area contributed by atoms with Crippen LogP contribution in [0.5, 0.6) is 5.75 Å². The van der Waals surface area contributed by atoms with Crippen LogP contribution in [-0.4, -0.2) is 12.9 Å². The summed E-state index contributed by atoms with van der Waals surface area (Å²) < 4.78 is 6.29. The first-order chi connectivity index (χ1) is 7.10. The highest BCUT2D eigenvalue weighted by molar-refractivity contribution is 9.10. The molecule has 0 aliphatic heterocycles. The molecule has 0 amide bonds. The Balaban J connectivity index is 2.48. The topological polar surface area (TPSA) is 26.3 Å². The highest BCUT2D eigenvalue weighted by atomic mass is 79.9. The molecule has 1 aliphatic rings. The molecule has 1 aromatic carbocycles. The Morgan fingerprint density at radius 2 is 2.13 bits per heavy atom. The molecule has 0 saturated heterocycles. The quantitative estimate of drug-likeness (QED) is 0.842. The van der Waals surface area contributed by atoms with Crippen LogP contribution < -0.4 is 4.74 Å². The largest absolute Gasteiger partial charge is 0.496 e. The Hall–Kier alpha value is -0.830. The minimum absolute atomic E-state index is 0.239. The van der Waals surface area contributed by atoms with E-state index in [4.69, 9.17) is 4.74 Å². The Morgan fingerprint density at radius 1 is 1.47 bits per heavy atom. The summed E-state index contributed by atoms with van der Waals surface area (Å²) in [5, 5.41) is 0. The third-order valence-corrected chi connectivity index (χ3v) is 3.60. The van der Waals surface area contributed by atoms with Crippen molar-refractivity contribution in [3.63, 3.8) is 0 Å². The number of Topliss-reactive ketones (excluding diaryl/α,β-unsaturated/α-hetero) is 1. The van der Waals surface area contributed by atoms with E-state index >= 15 is 0 Å². The van der Waals surface area contributed by atoms with Gasteiger partial charge in [-0.1, -0.05) is 22.0 Å². The summed E-state index contributed by atoms with van der Waals surface area (Å²) in [6.45, 7) is 1.66. The van der Waals surface area contributed by atoms with Gasteiger partial charge in [-0.3, -0.25) is 4.79 Å². The summed E-state index contributed by atoms with van der Waals surface area (Å²) in [5.74, 6) is 1.04. The zero-order chi connectivity index (χ0) is 11.1. The lowest BCUT2D eigenvalue weighted by atomic mass is 9.91. The lowest BCUT2D eigenvalue weighted by Crippen LogP contribution is -2.17. The summed E-state index contributed by atoms with van der Waals surface area (Å²) in [4.78, 5) is 11.6. The van der Waals surface area contributed by atoms with Gasteiger partial charge in [0.1, 0.15) is 11.5 Å². The second kappa shape index (κ2) is 3.63. The number of halogens is 1. The summed E-state index contributed by atoms with van der Waals surface area (Å²) in [5.41, 5.74) is 0.771. The van der Waals surface area contributed by atoms with Crippen LogP contribution in [0, 0.1) is 0 Å². The average Bonchev–Trinajstić information content (AvgIpc) is 2.98. The van der Waals surface area contributed by atoms with Gasteiger partial charge in [0, 0.05) is 10.0 Å². The van der Waals surface area contributed by atoms with Gasteiger partial charge in [-0.15, -0.1) is 0 Å². The van der Waals surface area contributed by atoms with Crippen molar-refractivity contribution in [3.05, 3.63) is 28.2 Å². The van der Waals surface area contributed by atoms with E-state index < -0.39 is 0 Å². The normalized spacial score (nSPS) is 17.3. The number of methoxy groups -OCH3 is 1. The molecular weight excluding hydrogens is 256 g/mol. The molecule has 0 radical (unpaired) electrons. The van der Waals surface area contributed by atoms with Crippen molar-refractivity contribution in [1.82, 2.24) is 0 Å². The molecule has 1 aliphatic carbocycles. The highest BCUT2D eigenvalue weighted by Crippen LogP contribution is 2.52. The molecule has 15 heavy (non-hydrogen) atoms. The number of hydrogen-bond donors (Lipinski definition) is 0. The standard InChI is InChI=1S/C12H13BrO2/c1-8(14)12(5-6-12)10-4-3-9(13)7-11(10)15-2/h3-4,7H,5-6H2,1-2H3. The third-order valence-electron chi connectivity index (χ3n) is 3.10. The molecule has 1 fully saturated rings. The molecule has 0 heterocycles. The maximum atomic E-state index is 11.6. The van der Waals surface area contributed by atoms with Gasteiger partial charge in [-0.25, -0.2) is 0 Å². The van der Waals surface area contributed by atoms with Gasteiger partial charge in [0.2, 0.25) is 0 Å². The van der Waals surface area contributed by atoms with Crippen molar-refractivity contribution in [1.29, 1.82) is 0 Å². The molecule has 1 aromatic rings. The molecule has 0 N–H and O–H groups in total. The zero-order valence-electron chi connectivity index (χ0n) is 8.84. The molecule has 1 saturated carbocycles. The SMILES string of the molecule is COc1cc(Br)ccc1C1(C(C)=O)CC1. The van der Waals surface area contributed by atoms with E-state index in [2.05, 4.69) is 15.9 Å². The van der Waals surface area contributed by atoms with Gasteiger partial charge in [-0.05, 0) is 31.9 Å². The van der Waals surface area contributed by atoms with E-state index in [1.807, 2.05) is 18.2 Å². The first-order valence-electron chi connectivity index (χ1n) is 4.95. The maximum Gasteiger partial charge on any atom is 0.140 e. The number of benzene rings is 1. The minimum Gasteiger partial charge on any atom is -0.496 e. The highest BCUT2D eigenvalue weighted by Gasteiger charge is 2.50. The number of ether oxygens (including phenoxy) is 1. The van der Waals surface area contributed by atoms with Crippen molar-refractivity contribution in [2.24, 2.45) is 0 Å². The predicted molar refractivity (Wildman–Crippen MR) is 62.3 cm³/mol. The lowest BCUT2D eigenvalue weighted by Gasteiger charge is -2.16. The first-order valence-corrected chi connectivity index (χ1v) is 5.74. The van der Waals surface area contributed by atoms with E-state index in [1.165, 1.54) is 0 Å². The van der Waals surface area contributed by atoms with Gasteiger partial charge < -0.3 is 4.74 Å². The van der Waals surface area contributed by atoms with Crippen LogP contribution in [0.1, 0.15) is 25.3 Å². The Bertz CT molecular complexity index is 408. The van der Waals surface area contributed by atoms with Gasteiger partial charge in [0.25, 0.3) is 0 Å². The predicted octanol–water partition coefficient (Wildman–Crippen LogP) is 3.08. The van der Waals surface area contributed by atoms with E-state index in [0.717, 1.165) is 28.6 Å². The van der Waals surface area contributed by atoms with Crippen LogP contribution in [-0.2, 0) is 10.2 Å². The summed E-state index contributed by atoms with van der Waals surface area (Å²) in [6, 6.07) is 5.86. The molecule has 0 bridgehead atoms. The second-order valence-corrected chi connectivity index (χ2v) is 4.90. The molecule has 0 atom stereocenters. The molecule has 0 unspecified atom stereocenters. The smallest absolute Gasteiger partial charge is 0.140 e. The fourth-order valence-electron chi connectivity index (χ4n) is 2.00. The number of ketones is 1. The van der Waals surface area contributed by atoms with Crippen LogP contribution in [0.25, 0.3) is 0 Å². The third kappa shape index (κ3) is 1.69. The van der Waals surface area contributed by atoms with Crippen molar-refractivity contribution < 1.29 is 9.53 Å². The van der Waals surface area contributed by atoms with Crippen LogP contribution >= 0.6 is 15.9 Å². The molecule has 3 heteroatoms. The van der Waals surface area contributed by atoms with Crippen molar-refractivity contribution in [2.45, 2.75) is 25.2 Å². The summed E-state index contributed by atoms with van der Waals surface area (Å²) in [6.07, 6.45) is 1.89. The molecule has 2 rings (SSSR count). The number of carbonyl (C=O) groups excluding carboxylic acids is 1. The van der Waals surface area contributed by atoms with Crippen LogP contribution in [0.4, 0.5) is 0 Å². The Morgan fingerprint density at radius 3 is 2.60 bits per heavy atom. The molecule has 0 spiro atoms. The molecule has 2 nitrogen and oxygen atoms in total. The van der Waals surface area contributed by atoms with E-state index in [-0.39, 0.29) is 11.2 Å². The molecular formula is C12H13BrO2. The van der Waals surface area contributed by atoms with E-state index in [1.54, 1.807) is 14.0 Å². The van der Waals surface area contributed by atoms with Gasteiger partial charge in [-0.2, -0.15) is 0 Å². The maximum absolute atomic E-state index is 11.6. The number of carbonyl (C=O) groups is 1. The van der Waals surface area contributed by atoms with E-state index in [9.17, 15) is 4.79 Å². The second-order valence-electron chi connectivity index (χ2n) is 3.98. The van der Waals surface area contributed by atoms with Crippen LogP contribution in [0.15, 0.2) is 22.7 Å². The Kier molecular flexibility index (Phi) is 2.59. The van der Waals surface area contributed by atoms with Crippen molar-refractivity contribution in [2.75, 3.05) is 7.11 Å². The fraction of sp³-hybridized carbons (Fsp3) is 0.417. The average molecular weight is 269 g/mol. The lowest BCUT2D eigenvalue weighted by molar-refractivity contribution is -0.119. The number of rotatable bonds is 3. The van der Waals surface area contributed by atoms with Crippen LogP contribution in [0.2, 0.25) is 0 Å². The first kappa shape index (κ1) is 10.7.